The first-order chi connectivity index (χ1) is 16.0. The highest BCUT2D eigenvalue weighted by atomic mass is 35.5. The van der Waals surface area contributed by atoms with Crippen LogP contribution in [0.1, 0.15) is 11.1 Å². The zero-order valence-corrected chi connectivity index (χ0v) is 18.0. The van der Waals surface area contributed by atoms with Gasteiger partial charge in [-0.25, -0.2) is 14.6 Å². The molecule has 13 heteroatoms. The summed E-state index contributed by atoms with van der Waals surface area (Å²) in [5, 5.41) is 8.32. The van der Waals surface area contributed by atoms with Gasteiger partial charge in [-0.15, -0.1) is 0 Å². The number of fused-ring (bicyclic) bond motifs is 1. The van der Waals surface area contributed by atoms with Crippen molar-refractivity contribution in [1.29, 1.82) is 0 Å². The molecular formula is C21H14ClF3N4O5. The van der Waals surface area contributed by atoms with Crippen molar-refractivity contribution in [3.63, 3.8) is 0 Å². The van der Waals surface area contributed by atoms with Crippen LogP contribution in [0.15, 0.2) is 58.5 Å². The molecule has 0 amide bonds. The molecule has 1 N–H and O–H groups in total. The van der Waals surface area contributed by atoms with Crippen LogP contribution in [0.4, 0.5) is 18.0 Å². The van der Waals surface area contributed by atoms with Gasteiger partial charge in [-0.05, 0) is 29.8 Å². The summed E-state index contributed by atoms with van der Waals surface area (Å²) in [6.07, 6.45) is -4.12. The van der Waals surface area contributed by atoms with Gasteiger partial charge in [-0.1, -0.05) is 23.7 Å². The number of hydrogen-bond acceptors (Lipinski definition) is 5. The van der Waals surface area contributed by atoms with E-state index in [1.165, 1.54) is 12.1 Å². The Hall–Kier alpha value is -4.06. The van der Waals surface area contributed by atoms with E-state index in [2.05, 4.69) is 9.72 Å². The Morgan fingerprint density at radius 3 is 2.62 bits per heavy atom. The molecule has 0 unspecified atom stereocenters. The number of halogens is 4. The second-order valence-electron chi connectivity index (χ2n) is 7.21. The second-order valence-corrected chi connectivity index (χ2v) is 7.59. The summed E-state index contributed by atoms with van der Waals surface area (Å²) in [4.78, 5) is 41.3. The fourth-order valence-corrected chi connectivity index (χ4v) is 3.71. The maximum absolute atomic E-state index is 13.2. The first kappa shape index (κ1) is 23.1. The molecule has 0 fully saturated rings. The third-order valence-corrected chi connectivity index (χ3v) is 5.48. The number of aromatic nitrogens is 4. The molecule has 0 radical (unpaired) electrons. The lowest BCUT2D eigenvalue weighted by Crippen LogP contribution is -2.40. The van der Waals surface area contributed by atoms with E-state index < -0.39 is 46.5 Å². The van der Waals surface area contributed by atoms with Crippen molar-refractivity contribution in [3.05, 3.63) is 85.9 Å². The average molecular weight is 495 g/mol. The molecule has 0 atom stereocenters. The zero-order chi connectivity index (χ0) is 24.8. The summed E-state index contributed by atoms with van der Waals surface area (Å²) < 4.78 is 47.4. The topological polar surface area (TPSA) is 108 Å². The molecule has 0 bridgehead atoms. The number of carbonyl (C=O) groups is 1. The van der Waals surface area contributed by atoms with Gasteiger partial charge in [0.2, 0.25) is 5.75 Å². The van der Waals surface area contributed by atoms with Crippen molar-refractivity contribution in [1.82, 2.24) is 18.7 Å². The van der Waals surface area contributed by atoms with Crippen LogP contribution in [0.3, 0.4) is 0 Å². The molecule has 4 rings (SSSR count). The number of imidazole rings is 1. The highest BCUT2D eigenvalue weighted by Gasteiger charge is 2.34. The number of benzene rings is 2. The van der Waals surface area contributed by atoms with Crippen LogP contribution in [-0.4, -0.2) is 29.9 Å². The molecule has 176 valence electrons. The standard InChI is InChI=1S/C21H14ClF3N4O5/c1-27-10-26-14-6-5-12(7-15(14)27)28-9-16(34-20(32)33)18(30)29(19(28)31)8-11-3-2-4-13(17(11)22)21(23,24)25/h2-7,9-10H,8H2,1H3,(H,32,33). The Morgan fingerprint density at radius 2 is 1.94 bits per heavy atom. The highest BCUT2D eigenvalue weighted by Crippen LogP contribution is 2.36. The molecule has 0 aliphatic rings. The molecule has 0 aliphatic heterocycles. The van der Waals surface area contributed by atoms with Gasteiger partial charge < -0.3 is 14.4 Å². The summed E-state index contributed by atoms with van der Waals surface area (Å²) in [7, 11) is 1.72. The van der Waals surface area contributed by atoms with E-state index in [0.717, 1.165) is 22.9 Å². The summed E-state index contributed by atoms with van der Waals surface area (Å²) in [6.45, 7) is -0.662. The van der Waals surface area contributed by atoms with Gasteiger partial charge >= 0.3 is 18.0 Å². The van der Waals surface area contributed by atoms with Gasteiger partial charge in [-0.2, -0.15) is 13.2 Å². The number of rotatable bonds is 4. The number of aryl methyl sites for hydroxylation is 1. The van der Waals surface area contributed by atoms with Gasteiger partial charge in [0.1, 0.15) is 0 Å². The van der Waals surface area contributed by atoms with Crippen LogP contribution < -0.4 is 16.0 Å². The van der Waals surface area contributed by atoms with Crippen LogP contribution in [0.2, 0.25) is 5.02 Å². The lowest BCUT2D eigenvalue weighted by Gasteiger charge is -2.15. The van der Waals surface area contributed by atoms with Crippen molar-refractivity contribution in [2.24, 2.45) is 7.05 Å². The summed E-state index contributed by atoms with van der Waals surface area (Å²) in [5.74, 6) is -0.722. The van der Waals surface area contributed by atoms with Crippen LogP contribution in [-0.2, 0) is 19.8 Å². The van der Waals surface area contributed by atoms with Crippen LogP contribution >= 0.6 is 11.6 Å². The van der Waals surface area contributed by atoms with E-state index in [1.807, 2.05) is 0 Å². The normalized spacial score (nSPS) is 11.7. The minimum Gasteiger partial charge on any atom is -0.449 e. The predicted molar refractivity (Wildman–Crippen MR) is 115 cm³/mol. The maximum Gasteiger partial charge on any atom is 0.511 e. The minimum absolute atomic E-state index is 0.170. The Kier molecular flexibility index (Phi) is 5.69. The van der Waals surface area contributed by atoms with Gasteiger partial charge in [0.05, 0.1) is 46.4 Å². The van der Waals surface area contributed by atoms with Crippen LogP contribution in [0, 0.1) is 0 Å². The molecular weight excluding hydrogens is 481 g/mol. The van der Waals surface area contributed by atoms with Gasteiger partial charge in [-0.3, -0.25) is 13.9 Å². The van der Waals surface area contributed by atoms with Crippen LogP contribution in [0.25, 0.3) is 16.7 Å². The maximum atomic E-state index is 13.2. The molecule has 34 heavy (non-hydrogen) atoms. The lowest BCUT2D eigenvalue weighted by atomic mass is 10.1. The Labute approximate surface area is 192 Å². The highest BCUT2D eigenvalue weighted by molar-refractivity contribution is 6.32. The average Bonchev–Trinajstić information content (AvgIpc) is 3.13. The van der Waals surface area contributed by atoms with E-state index in [9.17, 15) is 27.6 Å². The molecule has 0 spiro atoms. The molecule has 2 heterocycles. The number of alkyl halides is 3. The zero-order valence-electron chi connectivity index (χ0n) is 17.2. The molecule has 0 aliphatic carbocycles. The van der Waals surface area contributed by atoms with E-state index in [0.29, 0.717) is 15.6 Å². The fourth-order valence-electron chi connectivity index (χ4n) is 3.42. The first-order valence-electron chi connectivity index (χ1n) is 9.50. The SMILES string of the molecule is Cn1cnc2ccc(-n3cc(OC(=O)O)c(=O)n(Cc4cccc(C(F)(F)F)c4Cl)c3=O)cc21. The number of ether oxygens (including phenoxy) is 1. The Balaban J connectivity index is 1.93. The molecule has 0 saturated carbocycles. The third-order valence-electron chi connectivity index (χ3n) is 5.04. The second kappa shape index (κ2) is 8.37. The molecule has 2 aromatic heterocycles. The summed E-state index contributed by atoms with van der Waals surface area (Å²) in [6, 6.07) is 7.75. The third kappa shape index (κ3) is 4.15. The molecule has 9 nitrogen and oxygen atoms in total. The van der Waals surface area contributed by atoms with Gasteiger partial charge in [0.15, 0.2) is 0 Å². The predicted octanol–water partition coefficient (Wildman–Crippen LogP) is 3.66. The Bertz CT molecular complexity index is 1560. The van der Waals surface area contributed by atoms with Crippen molar-refractivity contribution >= 4 is 28.8 Å². The smallest absolute Gasteiger partial charge is 0.449 e. The Morgan fingerprint density at radius 1 is 1.21 bits per heavy atom. The van der Waals surface area contributed by atoms with E-state index >= 15 is 0 Å². The molecule has 4 aromatic rings. The quantitative estimate of drug-likeness (QED) is 0.434. The summed E-state index contributed by atoms with van der Waals surface area (Å²) >= 11 is 5.92. The number of nitrogens with zero attached hydrogens (tertiary/aromatic N) is 4. The molecule has 0 saturated heterocycles. The monoisotopic (exact) mass is 494 g/mol. The van der Waals surface area contributed by atoms with Gasteiger partial charge in [0, 0.05) is 7.05 Å². The van der Waals surface area contributed by atoms with E-state index in [-0.39, 0.29) is 11.3 Å². The van der Waals surface area contributed by atoms with E-state index in [4.69, 9.17) is 16.7 Å². The minimum atomic E-state index is -4.76. The van der Waals surface area contributed by atoms with Crippen molar-refractivity contribution in [3.8, 4) is 11.4 Å². The number of hydrogen-bond donors (Lipinski definition) is 1. The van der Waals surface area contributed by atoms with E-state index in [1.54, 1.807) is 30.1 Å². The van der Waals surface area contributed by atoms with Crippen molar-refractivity contribution in [2.75, 3.05) is 0 Å². The summed E-state index contributed by atoms with van der Waals surface area (Å²) in [5.41, 5.74) is -1.93. The fraction of sp³-hybridized carbons (Fsp3) is 0.143. The lowest BCUT2D eigenvalue weighted by molar-refractivity contribution is -0.137. The van der Waals surface area contributed by atoms with Crippen molar-refractivity contribution in [2.45, 2.75) is 12.7 Å². The van der Waals surface area contributed by atoms with Gasteiger partial charge in [0.25, 0.3) is 5.56 Å². The number of carboxylic acid groups (broad SMARTS) is 1. The van der Waals surface area contributed by atoms with Crippen LogP contribution in [0.5, 0.6) is 5.75 Å². The molecule has 2 aromatic carbocycles. The van der Waals surface area contributed by atoms with Crippen molar-refractivity contribution < 1.29 is 27.8 Å². The first-order valence-corrected chi connectivity index (χ1v) is 9.88. The largest absolute Gasteiger partial charge is 0.511 e.